The Balaban J connectivity index is 2.15. The molecule has 0 aromatic rings. The van der Waals surface area contributed by atoms with Gasteiger partial charge >= 0.3 is 11.9 Å². The predicted molar refractivity (Wildman–Crippen MR) is 236 cm³/mol. The molecule has 0 saturated heterocycles. The second kappa shape index (κ2) is 39.0. The molecule has 7 heteroatoms. The normalized spacial score (nSPS) is 14.8. The van der Waals surface area contributed by atoms with Crippen LogP contribution in [-0.4, -0.2) is 69.2 Å². The SMILES string of the molecule is CCCCC/C=C\CC(=O)OCCCCCCCCCCC(CCCCCCCCCCOC1(OCCCCCCC)CCCCC1)OC(=O)CCCN(C)C. The molecule has 7 nitrogen and oxygen atoms in total. The summed E-state index contributed by atoms with van der Waals surface area (Å²) in [6, 6.07) is 0. The number of rotatable bonds is 41. The average Bonchev–Trinajstić information content (AvgIpc) is 3.18. The fourth-order valence-corrected chi connectivity index (χ4v) is 7.81. The maximum absolute atomic E-state index is 12.6. The Kier molecular flexibility index (Phi) is 36.7. The first-order valence-electron chi connectivity index (χ1n) is 24.3. The number of hydrogen-bond acceptors (Lipinski definition) is 7. The van der Waals surface area contributed by atoms with E-state index in [1.54, 1.807) is 0 Å². The van der Waals surface area contributed by atoms with Crippen molar-refractivity contribution in [1.29, 1.82) is 0 Å². The highest BCUT2D eigenvalue weighted by Crippen LogP contribution is 2.33. The van der Waals surface area contributed by atoms with E-state index in [9.17, 15) is 9.59 Å². The average molecular weight is 792 g/mol. The molecule has 1 rings (SSSR count). The number of carbonyl (C=O) groups is 2. The van der Waals surface area contributed by atoms with Gasteiger partial charge in [0.25, 0.3) is 0 Å². The summed E-state index contributed by atoms with van der Waals surface area (Å²) in [5.74, 6) is -0.421. The van der Waals surface area contributed by atoms with Gasteiger partial charge in [0.2, 0.25) is 0 Å². The van der Waals surface area contributed by atoms with Gasteiger partial charge < -0.3 is 23.8 Å². The number of nitrogens with zero attached hydrogens (tertiary/aromatic N) is 1. The lowest BCUT2D eigenvalue weighted by atomic mass is 9.94. The second-order valence-electron chi connectivity index (χ2n) is 17.2. The van der Waals surface area contributed by atoms with Crippen LogP contribution in [0, 0.1) is 0 Å². The van der Waals surface area contributed by atoms with Crippen LogP contribution in [0.2, 0.25) is 0 Å². The van der Waals surface area contributed by atoms with Gasteiger partial charge in [0.15, 0.2) is 5.79 Å². The zero-order valence-corrected chi connectivity index (χ0v) is 37.7. The van der Waals surface area contributed by atoms with E-state index in [0.717, 1.165) is 96.8 Å². The molecule has 1 fully saturated rings. The van der Waals surface area contributed by atoms with Crippen LogP contribution in [0.5, 0.6) is 0 Å². The van der Waals surface area contributed by atoms with Gasteiger partial charge in [-0.1, -0.05) is 148 Å². The molecule has 330 valence electrons. The van der Waals surface area contributed by atoms with E-state index in [2.05, 4.69) is 38.9 Å². The molecule has 0 amide bonds. The van der Waals surface area contributed by atoms with Gasteiger partial charge in [0.1, 0.15) is 6.10 Å². The third-order valence-electron chi connectivity index (χ3n) is 11.4. The summed E-state index contributed by atoms with van der Waals surface area (Å²) in [5, 5.41) is 0. The number of esters is 2. The molecular weight excluding hydrogens is 699 g/mol. The summed E-state index contributed by atoms with van der Waals surface area (Å²) in [6.07, 6.45) is 44.2. The first-order valence-corrected chi connectivity index (χ1v) is 24.3. The summed E-state index contributed by atoms with van der Waals surface area (Å²) in [6.45, 7) is 7.63. The van der Waals surface area contributed by atoms with E-state index in [1.807, 2.05) is 6.08 Å². The van der Waals surface area contributed by atoms with Gasteiger partial charge in [0.05, 0.1) is 26.2 Å². The predicted octanol–water partition coefficient (Wildman–Crippen LogP) is 14.0. The first kappa shape index (κ1) is 52.6. The zero-order valence-electron chi connectivity index (χ0n) is 37.7. The van der Waals surface area contributed by atoms with E-state index >= 15 is 0 Å². The lowest BCUT2D eigenvalue weighted by Gasteiger charge is -2.37. The third-order valence-corrected chi connectivity index (χ3v) is 11.4. The Labute approximate surface area is 347 Å². The van der Waals surface area contributed by atoms with E-state index in [0.29, 0.717) is 19.4 Å². The van der Waals surface area contributed by atoms with E-state index in [1.165, 1.54) is 135 Å². The number of ether oxygens (including phenoxy) is 4. The standard InChI is InChI=1S/C49H93NO6/c1-5-7-9-11-22-29-38-47(51)53-43-32-24-18-14-12-16-20-27-36-46(56-48(52)39-35-42-50(3)4)37-28-21-17-13-15-19-25-34-45-55-49(40-30-26-31-41-49)54-44-33-23-10-8-6-2/h22,29,46H,5-21,23-28,30-45H2,1-4H3/b29-22-. The molecule has 0 spiro atoms. The highest BCUT2D eigenvalue weighted by molar-refractivity contribution is 5.71. The quantitative estimate of drug-likeness (QED) is 0.0264. The molecule has 1 unspecified atom stereocenters. The Bertz CT molecular complexity index is 901. The fraction of sp³-hybridized carbons (Fsp3) is 0.918. The van der Waals surface area contributed by atoms with Crippen molar-refractivity contribution in [1.82, 2.24) is 4.90 Å². The topological polar surface area (TPSA) is 74.3 Å². The van der Waals surface area contributed by atoms with Crippen molar-refractivity contribution in [2.75, 3.05) is 40.5 Å². The van der Waals surface area contributed by atoms with Crippen LogP contribution in [0.1, 0.15) is 239 Å². The highest BCUT2D eigenvalue weighted by Gasteiger charge is 2.33. The van der Waals surface area contributed by atoms with E-state index in [-0.39, 0.29) is 23.8 Å². The van der Waals surface area contributed by atoms with E-state index in [4.69, 9.17) is 18.9 Å². The molecule has 0 aliphatic heterocycles. The molecule has 1 aliphatic carbocycles. The molecule has 0 radical (unpaired) electrons. The minimum Gasteiger partial charge on any atom is -0.465 e. The van der Waals surface area contributed by atoms with Crippen molar-refractivity contribution in [3.8, 4) is 0 Å². The largest absolute Gasteiger partial charge is 0.465 e. The summed E-state index contributed by atoms with van der Waals surface area (Å²) >= 11 is 0. The van der Waals surface area contributed by atoms with Gasteiger partial charge in [-0.05, 0) is 97.7 Å². The third kappa shape index (κ3) is 33.5. The zero-order chi connectivity index (χ0) is 40.6. The van der Waals surface area contributed by atoms with Crippen LogP contribution < -0.4 is 0 Å². The van der Waals surface area contributed by atoms with Crippen LogP contribution in [0.25, 0.3) is 0 Å². The molecule has 0 N–H and O–H groups in total. The maximum atomic E-state index is 12.6. The maximum Gasteiger partial charge on any atom is 0.309 e. The van der Waals surface area contributed by atoms with Crippen molar-refractivity contribution >= 4 is 11.9 Å². The van der Waals surface area contributed by atoms with Gasteiger partial charge in [-0.15, -0.1) is 0 Å². The van der Waals surface area contributed by atoms with Crippen molar-refractivity contribution < 1.29 is 28.5 Å². The van der Waals surface area contributed by atoms with Gasteiger partial charge in [-0.3, -0.25) is 9.59 Å². The Morgan fingerprint density at radius 1 is 0.554 bits per heavy atom. The van der Waals surface area contributed by atoms with Crippen LogP contribution in [0.4, 0.5) is 0 Å². The monoisotopic (exact) mass is 792 g/mol. The van der Waals surface area contributed by atoms with Gasteiger partial charge in [-0.25, -0.2) is 0 Å². The number of unbranched alkanes of at least 4 members (excludes halogenated alkanes) is 21. The Hall–Kier alpha value is -1.44. The van der Waals surface area contributed by atoms with Crippen molar-refractivity contribution in [3.05, 3.63) is 12.2 Å². The highest BCUT2D eigenvalue weighted by atomic mass is 16.7. The molecular formula is C49H93NO6. The molecule has 1 saturated carbocycles. The molecule has 0 aromatic carbocycles. The van der Waals surface area contributed by atoms with Crippen LogP contribution in [0.15, 0.2) is 12.2 Å². The summed E-state index contributed by atoms with van der Waals surface area (Å²) in [7, 11) is 4.10. The minimum atomic E-state index is -0.298. The van der Waals surface area contributed by atoms with Crippen molar-refractivity contribution in [3.63, 3.8) is 0 Å². The lowest BCUT2D eigenvalue weighted by Crippen LogP contribution is -2.38. The first-order chi connectivity index (χ1) is 27.4. The number of allylic oxidation sites excluding steroid dienone is 1. The van der Waals surface area contributed by atoms with Gasteiger partial charge in [0, 0.05) is 19.3 Å². The molecule has 0 aromatic heterocycles. The number of hydrogen-bond donors (Lipinski definition) is 0. The molecule has 0 heterocycles. The van der Waals surface area contributed by atoms with Gasteiger partial charge in [-0.2, -0.15) is 0 Å². The molecule has 1 atom stereocenters. The molecule has 56 heavy (non-hydrogen) atoms. The van der Waals surface area contributed by atoms with E-state index < -0.39 is 0 Å². The Morgan fingerprint density at radius 3 is 1.57 bits per heavy atom. The summed E-state index contributed by atoms with van der Waals surface area (Å²) in [4.78, 5) is 26.6. The Morgan fingerprint density at radius 2 is 1.04 bits per heavy atom. The number of carbonyl (C=O) groups excluding carboxylic acids is 2. The molecule has 0 bridgehead atoms. The fourth-order valence-electron chi connectivity index (χ4n) is 7.81. The van der Waals surface area contributed by atoms with Crippen molar-refractivity contribution in [2.24, 2.45) is 0 Å². The van der Waals surface area contributed by atoms with Crippen LogP contribution in [-0.2, 0) is 28.5 Å². The lowest BCUT2D eigenvalue weighted by molar-refractivity contribution is -0.253. The van der Waals surface area contributed by atoms with Crippen LogP contribution >= 0.6 is 0 Å². The van der Waals surface area contributed by atoms with Crippen molar-refractivity contribution in [2.45, 2.75) is 250 Å². The minimum absolute atomic E-state index is 0.0197. The second-order valence-corrected chi connectivity index (χ2v) is 17.2. The smallest absolute Gasteiger partial charge is 0.309 e. The van der Waals surface area contributed by atoms with Crippen LogP contribution in [0.3, 0.4) is 0 Å². The summed E-state index contributed by atoms with van der Waals surface area (Å²) < 4.78 is 24.3. The summed E-state index contributed by atoms with van der Waals surface area (Å²) in [5.41, 5.74) is 0. The molecule has 1 aliphatic rings.